The van der Waals surface area contributed by atoms with Gasteiger partial charge in [0.15, 0.2) is 5.82 Å². The Morgan fingerprint density at radius 1 is 1.67 bits per heavy atom. The standard InChI is InChI=1S/C12H21N5O/c1-9-4-3-5-13-10(9)6-12(18)14-7-11-15-8-17(2)16-11/h8-10,13H,3-7H2,1-2H3,(H,14,18). The zero-order valence-corrected chi connectivity index (χ0v) is 11.0. The van der Waals surface area contributed by atoms with Crippen molar-refractivity contribution in [3.05, 3.63) is 12.2 Å². The highest BCUT2D eigenvalue weighted by atomic mass is 16.1. The Hall–Kier alpha value is -1.43. The Balaban J connectivity index is 1.74. The molecule has 0 radical (unpaired) electrons. The number of nitrogens with one attached hydrogen (secondary N) is 2. The van der Waals surface area contributed by atoms with E-state index in [4.69, 9.17) is 0 Å². The summed E-state index contributed by atoms with van der Waals surface area (Å²) < 4.78 is 1.63. The van der Waals surface area contributed by atoms with Crippen LogP contribution in [0, 0.1) is 5.92 Å². The smallest absolute Gasteiger partial charge is 0.221 e. The first-order chi connectivity index (χ1) is 8.65. The third-order valence-electron chi connectivity index (χ3n) is 3.43. The Morgan fingerprint density at radius 2 is 2.50 bits per heavy atom. The van der Waals surface area contributed by atoms with Crippen LogP contribution in [0.2, 0.25) is 0 Å². The summed E-state index contributed by atoms with van der Waals surface area (Å²) >= 11 is 0. The quantitative estimate of drug-likeness (QED) is 0.802. The van der Waals surface area contributed by atoms with Crippen molar-refractivity contribution in [2.45, 2.75) is 38.8 Å². The summed E-state index contributed by atoms with van der Waals surface area (Å²) in [6.07, 6.45) is 4.57. The minimum Gasteiger partial charge on any atom is -0.349 e. The molecule has 1 aromatic rings. The fourth-order valence-corrected chi connectivity index (χ4v) is 2.30. The molecule has 6 heteroatoms. The average molecular weight is 251 g/mol. The maximum absolute atomic E-state index is 11.8. The van der Waals surface area contributed by atoms with Gasteiger partial charge in [-0.2, -0.15) is 5.10 Å². The van der Waals surface area contributed by atoms with Crippen LogP contribution in [-0.4, -0.2) is 33.3 Å². The van der Waals surface area contributed by atoms with Crippen LogP contribution in [0.1, 0.15) is 32.0 Å². The number of amides is 1. The Labute approximate surface area is 107 Å². The topological polar surface area (TPSA) is 71.8 Å². The lowest BCUT2D eigenvalue weighted by atomic mass is 9.90. The van der Waals surface area contributed by atoms with Crippen molar-refractivity contribution in [1.82, 2.24) is 25.4 Å². The molecule has 1 aliphatic rings. The molecule has 2 rings (SSSR count). The molecule has 0 bridgehead atoms. The molecule has 1 saturated heterocycles. The van der Waals surface area contributed by atoms with Crippen LogP contribution in [0.3, 0.4) is 0 Å². The van der Waals surface area contributed by atoms with E-state index in [-0.39, 0.29) is 5.91 Å². The van der Waals surface area contributed by atoms with E-state index in [1.165, 1.54) is 12.8 Å². The molecular weight excluding hydrogens is 230 g/mol. The molecular formula is C12H21N5O. The van der Waals surface area contributed by atoms with Crippen molar-refractivity contribution in [2.24, 2.45) is 13.0 Å². The van der Waals surface area contributed by atoms with Crippen LogP contribution in [0.25, 0.3) is 0 Å². The first-order valence-corrected chi connectivity index (χ1v) is 6.50. The van der Waals surface area contributed by atoms with Gasteiger partial charge in [0.05, 0.1) is 6.54 Å². The predicted molar refractivity (Wildman–Crippen MR) is 67.7 cm³/mol. The lowest BCUT2D eigenvalue weighted by Crippen LogP contribution is -2.43. The van der Waals surface area contributed by atoms with E-state index in [2.05, 4.69) is 27.6 Å². The normalized spacial score (nSPS) is 23.9. The first-order valence-electron chi connectivity index (χ1n) is 6.50. The van der Waals surface area contributed by atoms with Gasteiger partial charge in [0.1, 0.15) is 6.33 Å². The minimum atomic E-state index is 0.0636. The summed E-state index contributed by atoms with van der Waals surface area (Å²) in [6.45, 7) is 3.62. The van der Waals surface area contributed by atoms with E-state index in [9.17, 15) is 4.79 Å². The van der Waals surface area contributed by atoms with Gasteiger partial charge < -0.3 is 10.6 Å². The van der Waals surface area contributed by atoms with Gasteiger partial charge in [-0.1, -0.05) is 6.92 Å². The van der Waals surface area contributed by atoms with Crippen LogP contribution in [0.15, 0.2) is 6.33 Å². The molecule has 6 nitrogen and oxygen atoms in total. The van der Waals surface area contributed by atoms with E-state index in [0.29, 0.717) is 30.7 Å². The second-order valence-corrected chi connectivity index (χ2v) is 5.00. The van der Waals surface area contributed by atoms with Crippen LogP contribution >= 0.6 is 0 Å². The number of piperidine rings is 1. The van der Waals surface area contributed by atoms with E-state index in [1.54, 1.807) is 11.0 Å². The molecule has 18 heavy (non-hydrogen) atoms. The zero-order chi connectivity index (χ0) is 13.0. The Bertz CT molecular complexity index is 403. The molecule has 1 aliphatic heterocycles. The Morgan fingerprint density at radius 3 is 3.17 bits per heavy atom. The SMILES string of the molecule is CC1CCCNC1CC(=O)NCc1ncn(C)n1. The third kappa shape index (κ3) is 3.53. The van der Waals surface area contributed by atoms with Gasteiger partial charge in [-0.05, 0) is 25.3 Å². The maximum atomic E-state index is 11.8. The number of aromatic nitrogens is 3. The van der Waals surface area contributed by atoms with Crippen LogP contribution < -0.4 is 10.6 Å². The molecule has 1 fully saturated rings. The largest absolute Gasteiger partial charge is 0.349 e. The fraction of sp³-hybridized carbons (Fsp3) is 0.750. The molecule has 0 saturated carbocycles. The summed E-state index contributed by atoms with van der Waals surface area (Å²) in [7, 11) is 1.81. The van der Waals surface area contributed by atoms with Gasteiger partial charge in [0, 0.05) is 19.5 Å². The average Bonchev–Trinajstić information content (AvgIpc) is 2.76. The maximum Gasteiger partial charge on any atom is 0.221 e. The molecule has 2 atom stereocenters. The molecule has 0 spiro atoms. The van der Waals surface area contributed by atoms with Crippen molar-refractivity contribution < 1.29 is 4.79 Å². The van der Waals surface area contributed by atoms with Gasteiger partial charge in [-0.3, -0.25) is 9.48 Å². The summed E-state index contributed by atoms with van der Waals surface area (Å²) in [5.41, 5.74) is 0. The molecule has 1 aromatic heterocycles. The molecule has 2 unspecified atom stereocenters. The van der Waals surface area contributed by atoms with E-state index < -0.39 is 0 Å². The fourth-order valence-electron chi connectivity index (χ4n) is 2.30. The van der Waals surface area contributed by atoms with Crippen molar-refractivity contribution in [1.29, 1.82) is 0 Å². The van der Waals surface area contributed by atoms with Gasteiger partial charge >= 0.3 is 0 Å². The number of hydrogen-bond donors (Lipinski definition) is 2. The monoisotopic (exact) mass is 251 g/mol. The van der Waals surface area contributed by atoms with Crippen molar-refractivity contribution in [3.8, 4) is 0 Å². The molecule has 100 valence electrons. The lowest BCUT2D eigenvalue weighted by molar-refractivity contribution is -0.122. The van der Waals surface area contributed by atoms with Gasteiger partial charge in [0.25, 0.3) is 0 Å². The van der Waals surface area contributed by atoms with Gasteiger partial charge in [-0.25, -0.2) is 4.98 Å². The number of carbonyl (C=O) groups excluding carboxylic acids is 1. The second kappa shape index (κ2) is 5.95. The lowest BCUT2D eigenvalue weighted by Gasteiger charge is -2.29. The number of nitrogens with zero attached hydrogens (tertiary/aromatic N) is 3. The van der Waals surface area contributed by atoms with Crippen molar-refractivity contribution in [2.75, 3.05) is 6.54 Å². The minimum absolute atomic E-state index is 0.0636. The third-order valence-corrected chi connectivity index (χ3v) is 3.43. The van der Waals surface area contributed by atoms with E-state index >= 15 is 0 Å². The second-order valence-electron chi connectivity index (χ2n) is 5.00. The van der Waals surface area contributed by atoms with Gasteiger partial charge in [0.2, 0.25) is 5.91 Å². The van der Waals surface area contributed by atoms with Crippen LogP contribution in [0.5, 0.6) is 0 Å². The number of hydrogen-bond acceptors (Lipinski definition) is 4. The number of carbonyl (C=O) groups is 1. The molecule has 2 heterocycles. The number of rotatable bonds is 4. The zero-order valence-electron chi connectivity index (χ0n) is 11.0. The van der Waals surface area contributed by atoms with Crippen LogP contribution in [-0.2, 0) is 18.4 Å². The summed E-state index contributed by atoms with van der Waals surface area (Å²) in [5.74, 6) is 1.28. The molecule has 0 aliphatic carbocycles. The highest BCUT2D eigenvalue weighted by Crippen LogP contribution is 2.17. The van der Waals surface area contributed by atoms with E-state index in [0.717, 1.165) is 6.54 Å². The molecule has 0 aromatic carbocycles. The highest BCUT2D eigenvalue weighted by Gasteiger charge is 2.23. The summed E-state index contributed by atoms with van der Waals surface area (Å²) in [5, 5.41) is 10.4. The number of aryl methyl sites for hydroxylation is 1. The summed E-state index contributed by atoms with van der Waals surface area (Å²) in [6, 6.07) is 0.301. The van der Waals surface area contributed by atoms with Crippen molar-refractivity contribution in [3.63, 3.8) is 0 Å². The first kappa shape index (κ1) is 13.0. The van der Waals surface area contributed by atoms with E-state index in [1.807, 2.05) is 7.05 Å². The molecule has 1 amide bonds. The van der Waals surface area contributed by atoms with Gasteiger partial charge in [-0.15, -0.1) is 0 Å². The highest BCUT2D eigenvalue weighted by molar-refractivity contribution is 5.76. The summed E-state index contributed by atoms with van der Waals surface area (Å²) in [4.78, 5) is 15.9. The molecule has 2 N–H and O–H groups in total. The van der Waals surface area contributed by atoms with Crippen LogP contribution in [0.4, 0.5) is 0 Å². The van der Waals surface area contributed by atoms with Crippen molar-refractivity contribution >= 4 is 5.91 Å². The predicted octanol–water partition coefficient (Wildman–Crippen LogP) is 0.210. The Kier molecular flexibility index (Phi) is 4.30.